The van der Waals surface area contributed by atoms with E-state index in [1.54, 1.807) is 16.9 Å². The summed E-state index contributed by atoms with van der Waals surface area (Å²) in [7, 11) is 4.13. The zero-order valence-corrected chi connectivity index (χ0v) is 20.1. The number of hydrogen-bond acceptors (Lipinski definition) is 3. The van der Waals surface area contributed by atoms with E-state index in [0.717, 1.165) is 42.8 Å². The highest BCUT2D eigenvalue weighted by Gasteiger charge is 2.32. The molecule has 0 spiro atoms. The Kier molecular flexibility index (Phi) is 7.26. The molecular weight excluding hydrogens is 449 g/mol. The van der Waals surface area contributed by atoms with Gasteiger partial charge in [-0.3, -0.25) is 0 Å². The molecule has 0 fully saturated rings. The predicted octanol–water partition coefficient (Wildman–Crippen LogP) is 6.47. The van der Waals surface area contributed by atoms with Gasteiger partial charge in [0.1, 0.15) is 0 Å². The first kappa shape index (κ1) is 24.9. The second-order valence-corrected chi connectivity index (χ2v) is 9.19. The lowest BCUT2D eigenvalue weighted by atomic mass is 9.76. The molecule has 1 atom stereocenters. The van der Waals surface area contributed by atoms with Crippen LogP contribution in [0.25, 0.3) is 16.8 Å². The maximum absolute atomic E-state index is 13.0. The van der Waals surface area contributed by atoms with E-state index in [2.05, 4.69) is 61.0 Å². The van der Waals surface area contributed by atoms with Crippen LogP contribution in [0.1, 0.15) is 36.6 Å². The molecule has 0 aliphatic carbocycles. The van der Waals surface area contributed by atoms with Crippen molar-refractivity contribution in [2.24, 2.45) is 0 Å². The van der Waals surface area contributed by atoms with Crippen LogP contribution in [0.4, 0.5) is 13.2 Å². The normalized spacial score (nSPS) is 13.9. The maximum Gasteiger partial charge on any atom is 0.416 e. The zero-order valence-electron chi connectivity index (χ0n) is 20.1. The smallest absolute Gasteiger partial charge is 0.309 e. The van der Waals surface area contributed by atoms with E-state index < -0.39 is 17.2 Å². The molecule has 0 saturated heterocycles. The van der Waals surface area contributed by atoms with Gasteiger partial charge in [-0.25, -0.2) is 9.50 Å². The highest BCUT2D eigenvalue weighted by Crippen LogP contribution is 2.36. The van der Waals surface area contributed by atoms with E-state index in [9.17, 15) is 13.2 Å². The number of benzene rings is 2. The molecule has 1 unspecified atom stereocenters. The van der Waals surface area contributed by atoms with Crippen LogP contribution < -0.4 is 0 Å². The molecule has 182 valence electrons. The third kappa shape index (κ3) is 5.73. The van der Waals surface area contributed by atoms with Crippen LogP contribution in [0, 0.1) is 12.8 Å². The molecule has 0 aliphatic heterocycles. The second-order valence-electron chi connectivity index (χ2n) is 9.19. The third-order valence-electron chi connectivity index (χ3n) is 6.12. The zero-order chi connectivity index (χ0) is 25.1. The number of unbranched alkanes of at least 4 members (excludes halogenated alkanes) is 1. The topological polar surface area (TPSA) is 33.4 Å². The van der Waals surface area contributed by atoms with Crippen molar-refractivity contribution >= 4 is 5.65 Å². The Bertz CT molecular complexity index is 1250. The van der Waals surface area contributed by atoms with Crippen molar-refractivity contribution in [1.82, 2.24) is 19.5 Å². The Labute approximate surface area is 204 Å². The van der Waals surface area contributed by atoms with Gasteiger partial charge >= 0.3 is 6.18 Å². The Morgan fingerprint density at radius 3 is 2.34 bits per heavy atom. The summed E-state index contributed by atoms with van der Waals surface area (Å²) in [6.07, 6.45) is 5.50. The molecular formula is C28H29F3N4. The molecule has 0 saturated carbocycles. The van der Waals surface area contributed by atoms with Gasteiger partial charge < -0.3 is 4.90 Å². The number of fused-ring (bicyclic) bond motifs is 1. The van der Waals surface area contributed by atoms with E-state index in [0.29, 0.717) is 16.8 Å². The fourth-order valence-electron chi connectivity index (χ4n) is 4.28. The quantitative estimate of drug-likeness (QED) is 0.259. The van der Waals surface area contributed by atoms with Gasteiger partial charge in [0.15, 0.2) is 5.65 Å². The van der Waals surface area contributed by atoms with E-state index in [1.165, 1.54) is 12.1 Å². The number of alkyl halides is 3. The Hall–Kier alpha value is -3.19. The van der Waals surface area contributed by atoms with Crippen LogP contribution in [0.2, 0.25) is 0 Å². The number of rotatable bonds is 9. The van der Waals surface area contributed by atoms with Gasteiger partial charge in [0.05, 0.1) is 17.5 Å². The summed E-state index contributed by atoms with van der Waals surface area (Å²) < 4.78 is 40.8. The lowest BCUT2D eigenvalue weighted by Crippen LogP contribution is -2.28. The van der Waals surface area contributed by atoms with Crippen LogP contribution in [0.3, 0.4) is 0 Å². The molecule has 4 aromatic rings. The fourth-order valence-corrected chi connectivity index (χ4v) is 4.28. The summed E-state index contributed by atoms with van der Waals surface area (Å²) in [6.45, 7) is 3.15. The lowest BCUT2D eigenvalue weighted by molar-refractivity contribution is -0.137. The first-order chi connectivity index (χ1) is 16.7. The minimum atomic E-state index is -4.37. The maximum atomic E-state index is 13.0. The van der Waals surface area contributed by atoms with Crippen LogP contribution >= 0.6 is 0 Å². The Morgan fingerprint density at radius 1 is 0.971 bits per heavy atom. The van der Waals surface area contributed by atoms with Gasteiger partial charge in [-0.15, -0.1) is 0 Å². The van der Waals surface area contributed by atoms with Crippen molar-refractivity contribution in [3.05, 3.63) is 103 Å². The van der Waals surface area contributed by atoms with Crippen LogP contribution in [-0.2, 0) is 11.6 Å². The van der Waals surface area contributed by atoms with Gasteiger partial charge in [-0.2, -0.15) is 18.3 Å². The summed E-state index contributed by atoms with van der Waals surface area (Å²) >= 11 is 0. The van der Waals surface area contributed by atoms with Crippen LogP contribution in [0.5, 0.6) is 0 Å². The van der Waals surface area contributed by atoms with E-state index in [1.807, 2.05) is 24.3 Å². The van der Waals surface area contributed by atoms with Gasteiger partial charge in [0, 0.05) is 23.6 Å². The lowest BCUT2D eigenvalue weighted by Gasteiger charge is -2.30. The molecule has 7 heteroatoms. The molecule has 2 aromatic heterocycles. The summed E-state index contributed by atoms with van der Waals surface area (Å²) in [5.41, 5.74) is 2.85. The number of hydrogen-bond donors (Lipinski definition) is 0. The molecule has 0 bridgehead atoms. The second kappa shape index (κ2) is 10.2. The summed E-state index contributed by atoms with van der Waals surface area (Å²) in [6, 6.07) is 17.2. The molecule has 4 rings (SSSR count). The standard InChI is InChI=1S/C28H29F3N4/c1-27(16-7-8-18-34(2)3,19-21-9-5-4-6-10-21)25-15-17-32-26-24(20-33-35(25)26)22-11-13-23(14-12-22)28(29,30)31/h4-6,9-17,19-20H,7-8,18H2,1-3H3. The van der Waals surface area contributed by atoms with Crippen molar-refractivity contribution in [1.29, 1.82) is 0 Å². The van der Waals surface area contributed by atoms with Gasteiger partial charge in [0.25, 0.3) is 0 Å². The summed E-state index contributed by atoms with van der Waals surface area (Å²) in [5.74, 6) is 0. The molecule has 2 radical (unpaired) electrons. The molecule has 0 N–H and O–H groups in total. The SMILES string of the molecule is CN(C)CCC[CH]C(C)([CH]c1ccccc1)c1ccnc2c(-c3ccc(C(F)(F)F)cc3)cnn12. The molecule has 4 nitrogen and oxygen atoms in total. The number of nitrogens with zero attached hydrogens (tertiary/aromatic N) is 4. The molecule has 0 aliphatic rings. The van der Waals surface area contributed by atoms with Crippen molar-refractivity contribution < 1.29 is 13.2 Å². The fraction of sp³-hybridized carbons (Fsp3) is 0.286. The van der Waals surface area contributed by atoms with E-state index >= 15 is 0 Å². The highest BCUT2D eigenvalue weighted by atomic mass is 19.4. The molecule has 35 heavy (non-hydrogen) atoms. The number of halogens is 3. The van der Waals surface area contributed by atoms with Crippen LogP contribution in [-0.4, -0.2) is 40.1 Å². The average molecular weight is 479 g/mol. The molecule has 2 heterocycles. The largest absolute Gasteiger partial charge is 0.416 e. The molecule has 0 amide bonds. The minimum Gasteiger partial charge on any atom is -0.309 e. The van der Waals surface area contributed by atoms with E-state index in [4.69, 9.17) is 0 Å². The van der Waals surface area contributed by atoms with Crippen LogP contribution in [0.15, 0.2) is 73.1 Å². The Morgan fingerprint density at radius 2 is 1.69 bits per heavy atom. The molecule has 2 aromatic carbocycles. The monoisotopic (exact) mass is 478 g/mol. The van der Waals surface area contributed by atoms with Gasteiger partial charge in [-0.05, 0) is 69.2 Å². The van der Waals surface area contributed by atoms with Gasteiger partial charge in [0.2, 0.25) is 0 Å². The summed E-state index contributed by atoms with van der Waals surface area (Å²) in [4.78, 5) is 6.70. The minimum absolute atomic E-state index is 0.446. The number of aromatic nitrogens is 3. The highest BCUT2D eigenvalue weighted by molar-refractivity contribution is 5.77. The van der Waals surface area contributed by atoms with Crippen molar-refractivity contribution in [3.63, 3.8) is 0 Å². The first-order valence-corrected chi connectivity index (χ1v) is 11.6. The van der Waals surface area contributed by atoms with Crippen molar-refractivity contribution in [3.8, 4) is 11.1 Å². The average Bonchev–Trinajstić information content (AvgIpc) is 3.26. The Balaban J connectivity index is 1.71. The first-order valence-electron chi connectivity index (χ1n) is 11.6. The van der Waals surface area contributed by atoms with Crippen molar-refractivity contribution in [2.45, 2.75) is 31.4 Å². The summed E-state index contributed by atoms with van der Waals surface area (Å²) in [5, 5.41) is 4.61. The van der Waals surface area contributed by atoms with E-state index in [-0.39, 0.29) is 0 Å². The third-order valence-corrected chi connectivity index (χ3v) is 6.12. The predicted molar refractivity (Wildman–Crippen MR) is 133 cm³/mol. The van der Waals surface area contributed by atoms with Crippen molar-refractivity contribution in [2.75, 3.05) is 20.6 Å². The van der Waals surface area contributed by atoms with Gasteiger partial charge in [-0.1, -0.05) is 49.4 Å².